The van der Waals surface area contributed by atoms with E-state index < -0.39 is 5.97 Å². The Labute approximate surface area is 94.8 Å². The van der Waals surface area contributed by atoms with Crippen molar-refractivity contribution in [3.63, 3.8) is 0 Å². The standard InChI is InChI=1S/C10H18N4O2/c1-7(2)9-8(10(15)16-3)12-13-14(9)6-4-5-11/h7H,4-6,11H2,1-3H3. The molecule has 0 saturated heterocycles. The van der Waals surface area contributed by atoms with Gasteiger partial charge >= 0.3 is 5.97 Å². The lowest BCUT2D eigenvalue weighted by Crippen LogP contribution is -2.13. The lowest BCUT2D eigenvalue weighted by molar-refractivity contribution is 0.0592. The van der Waals surface area contributed by atoms with Gasteiger partial charge in [-0.2, -0.15) is 0 Å². The summed E-state index contributed by atoms with van der Waals surface area (Å²) in [6.07, 6.45) is 0.809. The molecular weight excluding hydrogens is 208 g/mol. The molecule has 0 bridgehead atoms. The predicted octanol–water partition coefficient (Wildman–Crippen LogP) is 0.537. The highest BCUT2D eigenvalue weighted by Gasteiger charge is 2.22. The van der Waals surface area contributed by atoms with E-state index in [1.807, 2.05) is 13.8 Å². The van der Waals surface area contributed by atoms with Crippen molar-refractivity contribution >= 4 is 5.97 Å². The van der Waals surface area contributed by atoms with Gasteiger partial charge in [0.15, 0.2) is 5.69 Å². The minimum Gasteiger partial charge on any atom is -0.464 e. The van der Waals surface area contributed by atoms with Gasteiger partial charge in [-0.15, -0.1) is 5.10 Å². The molecule has 0 aliphatic heterocycles. The molecule has 0 aliphatic rings. The number of carbonyl (C=O) groups excluding carboxylic acids is 1. The molecule has 1 aromatic heterocycles. The molecule has 90 valence electrons. The van der Waals surface area contributed by atoms with Gasteiger partial charge in [0.25, 0.3) is 0 Å². The Kier molecular flexibility index (Phi) is 4.42. The Balaban J connectivity index is 3.02. The van der Waals surface area contributed by atoms with Crippen LogP contribution in [0.25, 0.3) is 0 Å². The van der Waals surface area contributed by atoms with Crippen LogP contribution in [0.4, 0.5) is 0 Å². The lowest BCUT2D eigenvalue weighted by Gasteiger charge is -2.09. The molecule has 0 amide bonds. The smallest absolute Gasteiger partial charge is 0.360 e. The number of nitrogens with two attached hydrogens (primary N) is 1. The summed E-state index contributed by atoms with van der Waals surface area (Å²) in [6, 6.07) is 0. The molecule has 6 heteroatoms. The molecule has 16 heavy (non-hydrogen) atoms. The van der Waals surface area contributed by atoms with Gasteiger partial charge in [0.05, 0.1) is 12.8 Å². The Hall–Kier alpha value is -1.43. The number of rotatable bonds is 5. The van der Waals surface area contributed by atoms with Crippen molar-refractivity contribution in [3.8, 4) is 0 Å². The van der Waals surface area contributed by atoms with Crippen LogP contribution in [-0.2, 0) is 11.3 Å². The molecule has 0 aromatic carbocycles. The van der Waals surface area contributed by atoms with E-state index >= 15 is 0 Å². The van der Waals surface area contributed by atoms with Gasteiger partial charge in [-0.25, -0.2) is 9.48 Å². The van der Waals surface area contributed by atoms with Gasteiger partial charge in [0.2, 0.25) is 0 Å². The average molecular weight is 226 g/mol. The summed E-state index contributed by atoms with van der Waals surface area (Å²) >= 11 is 0. The topological polar surface area (TPSA) is 83.0 Å². The number of hydrogen-bond donors (Lipinski definition) is 1. The summed E-state index contributed by atoms with van der Waals surface area (Å²) < 4.78 is 6.39. The summed E-state index contributed by atoms with van der Waals surface area (Å²) in [5.74, 6) is -0.274. The normalized spacial score (nSPS) is 10.8. The monoisotopic (exact) mass is 226 g/mol. The van der Waals surface area contributed by atoms with Gasteiger partial charge in [-0.3, -0.25) is 0 Å². The van der Waals surface area contributed by atoms with Gasteiger partial charge in [0, 0.05) is 6.54 Å². The second-order valence-electron chi connectivity index (χ2n) is 3.83. The molecule has 0 fully saturated rings. The Morgan fingerprint density at radius 2 is 2.25 bits per heavy atom. The van der Waals surface area contributed by atoms with E-state index in [0.717, 1.165) is 12.1 Å². The summed E-state index contributed by atoms with van der Waals surface area (Å²) in [7, 11) is 1.34. The quantitative estimate of drug-likeness (QED) is 0.741. The number of ether oxygens (including phenoxy) is 1. The first-order valence-corrected chi connectivity index (χ1v) is 5.33. The summed E-state index contributed by atoms with van der Waals surface area (Å²) in [6.45, 7) is 5.24. The van der Waals surface area contributed by atoms with E-state index in [0.29, 0.717) is 18.8 Å². The number of hydrogen-bond acceptors (Lipinski definition) is 5. The number of esters is 1. The van der Waals surface area contributed by atoms with Crippen LogP contribution < -0.4 is 5.73 Å². The first-order chi connectivity index (χ1) is 7.61. The summed E-state index contributed by atoms with van der Waals surface area (Å²) in [5, 5.41) is 7.81. The van der Waals surface area contributed by atoms with Gasteiger partial charge in [0.1, 0.15) is 0 Å². The van der Waals surface area contributed by atoms with Crippen molar-refractivity contribution in [2.45, 2.75) is 32.7 Å². The Bertz CT molecular complexity index is 360. The Morgan fingerprint density at radius 3 is 2.75 bits per heavy atom. The molecular formula is C10H18N4O2. The highest BCUT2D eigenvalue weighted by molar-refractivity contribution is 5.88. The third-order valence-electron chi connectivity index (χ3n) is 2.27. The van der Waals surface area contributed by atoms with Gasteiger partial charge in [-0.05, 0) is 18.9 Å². The lowest BCUT2D eigenvalue weighted by atomic mass is 10.1. The van der Waals surface area contributed by atoms with Crippen LogP contribution in [0.15, 0.2) is 0 Å². The van der Waals surface area contributed by atoms with Crippen molar-refractivity contribution < 1.29 is 9.53 Å². The van der Waals surface area contributed by atoms with Crippen molar-refractivity contribution in [1.29, 1.82) is 0 Å². The molecule has 1 heterocycles. The van der Waals surface area contributed by atoms with Crippen LogP contribution in [-0.4, -0.2) is 34.6 Å². The molecule has 0 unspecified atom stereocenters. The molecule has 1 rings (SSSR count). The van der Waals surface area contributed by atoms with E-state index in [1.165, 1.54) is 7.11 Å². The van der Waals surface area contributed by atoms with E-state index in [9.17, 15) is 4.79 Å². The SMILES string of the molecule is COC(=O)c1nnn(CCCN)c1C(C)C. The molecule has 1 aromatic rings. The van der Waals surface area contributed by atoms with Crippen LogP contribution in [0.2, 0.25) is 0 Å². The zero-order chi connectivity index (χ0) is 12.1. The molecule has 6 nitrogen and oxygen atoms in total. The second-order valence-corrected chi connectivity index (χ2v) is 3.83. The first-order valence-electron chi connectivity index (χ1n) is 5.33. The van der Waals surface area contributed by atoms with Crippen LogP contribution >= 0.6 is 0 Å². The van der Waals surface area contributed by atoms with E-state index in [4.69, 9.17) is 5.73 Å². The maximum atomic E-state index is 11.5. The van der Waals surface area contributed by atoms with Crippen molar-refractivity contribution in [2.24, 2.45) is 5.73 Å². The summed E-state index contributed by atoms with van der Waals surface area (Å²) in [5.41, 5.74) is 6.55. The minimum atomic E-state index is -0.442. The predicted molar refractivity (Wildman–Crippen MR) is 59.1 cm³/mol. The van der Waals surface area contributed by atoms with Crippen LogP contribution in [0.3, 0.4) is 0 Å². The number of aryl methyl sites for hydroxylation is 1. The molecule has 2 N–H and O–H groups in total. The minimum absolute atomic E-state index is 0.168. The molecule has 0 spiro atoms. The van der Waals surface area contributed by atoms with Gasteiger partial charge in [-0.1, -0.05) is 19.1 Å². The zero-order valence-corrected chi connectivity index (χ0v) is 9.93. The average Bonchev–Trinajstić information content (AvgIpc) is 2.68. The Morgan fingerprint density at radius 1 is 1.56 bits per heavy atom. The molecule has 0 saturated carbocycles. The number of nitrogens with zero attached hydrogens (tertiary/aromatic N) is 3. The maximum Gasteiger partial charge on any atom is 0.360 e. The third-order valence-corrected chi connectivity index (χ3v) is 2.27. The third kappa shape index (κ3) is 2.57. The maximum absolute atomic E-state index is 11.5. The molecule has 0 aliphatic carbocycles. The first kappa shape index (κ1) is 12.6. The van der Waals surface area contributed by atoms with Crippen molar-refractivity contribution in [2.75, 3.05) is 13.7 Å². The fourth-order valence-corrected chi connectivity index (χ4v) is 1.54. The fraction of sp³-hybridized carbons (Fsp3) is 0.700. The van der Waals surface area contributed by atoms with Crippen LogP contribution in [0.1, 0.15) is 42.4 Å². The van der Waals surface area contributed by atoms with Crippen molar-refractivity contribution in [1.82, 2.24) is 15.0 Å². The number of carbonyl (C=O) groups is 1. The fourth-order valence-electron chi connectivity index (χ4n) is 1.54. The zero-order valence-electron chi connectivity index (χ0n) is 9.93. The number of aromatic nitrogens is 3. The van der Waals surface area contributed by atoms with Crippen LogP contribution in [0, 0.1) is 0 Å². The van der Waals surface area contributed by atoms with E-state index in [-0.39, 0.29) is 5.92 Å². The van der Waals surface area contributed by atoms with Crippen LogP contribution in [0.5, 0.6) is 0 Å². The van der Waals surface area contributed by atoms with Crippen molar-refractivity contribution in [3.05, 3.63) is 11.4 Å². The highest BCUT2D eigenvalue weighted by atomic mass is 16.5. The van der Waals surface area contributed by atoms with E-state index in [2.05, 4.69) is 15.0 Å². The molecule has 0 atom stereocenters. The second kappa shape index (κ2) is 5.60. The number of methoxy groups -OCH3 is 1. The highest BCUT2D eigenvalue weighted by Crippen LogP contribution is 2.18. The van der Waals surface area contributed by atoms with E-state index in [1.54, 1.807) is 4.68 Å². The van der Waals surface area contributed by atoms with Gasteiger partial charge < -0.3 is 10.5 Å². The largest absolute Gasteiger partial charge is 0.464 e. The molecule has 0 radical (unpaired) electrons. The summed E-state index contributed by atoms with van der Waals surface area (Å²) in [4.78, 5) is 11.5.